The van der Waals surface area contributed by atoms with E-state index < -0.39 is 0 Å². The average Bonchev–Trinajstić information content (AvgIpc) is 2.30. The highest BCUT2D eigenvalue weighted by atomic mass is 16.5. The van der Waals surface area contributed by atoms with Gasteiger partial charge in [0.15, 0.2) is 0 Å². The third kappa shape index (κ3) is 2.99. The van der Waals surface area contributed by atoms with Crippen molar-refractivity contribution in [2.45, 2.75) is 45.3 Å². The van der Waals surface area contributed by atoms with Crippen molar-refractivity contribution in [3.8, 4) is 0 Å². The van der Waals surface area contributed by atoms with Crippen LogP contribution in [0.5, 0.6) is 0 Å². The van der Waals surface area contributed by atoms with Crippen molar-refractivity contribution in [3.05, 3.63) is 29.8 Å². The summed E-state index contributed by atoms with van der Waals surface area (Å²) in [6.07, 6.45) is 3.71. The summed E-state index contributed by atoms with van der Waals surface area (Å²) in [5.74, 6) is 0. The molecule has 0 aromatic heterocycles. The average molecular weight is 219 g/mol. The second-order valence-corrected chi connectivity index (χ2v) is 4.60. The molecular formula is C14H21NO. The minimum absolute atomic E-state index is 0.390. The number of anilines is 1. The van der Waals surface area contributed by atoms with Crippen LogP contribution in [0.3, 0.4) is 0 Å². The van der Waals surface area contributed by atoms with E-state index in [2.05, 4.69) is 43.4 Å². The molecule has 1 aliphatic rings. The zero-order valence-electron chi connectivity index (χ0n) is 10.2. The number of aryl methyl sites for hydroxylation is 1. The monoisotopic (exact) mass is 219 g/mol. The van der Waals surface area contributed by atoms with Crippen LogP contribution in [0.1, 0.15) is 32.3 Å². The van der Waals surface area contributed by atoms with Crippen LogP contribution in [0.4, 0.5) is 5.69 Å². The lowest BCUT2D eigenvalue weighted by atomic mass is 10.0. The number of hydrogen-bond donors (Lipinski definition) is 1. The molecule has 1 aromatic rings. The Kier molecular flexibility index (Phi) is 3.83. The Morgan fingerprint density at radius 3 is 2.69 bits per heavy atom. The maximum atomic E-state index is 5.54. The highest BCUT2D eigenvalue weighted by molar-refractivity contribution is 5.45. The van der Waals surface area contributed by atoms with E-state index in [4.69, 9.17) is 4.74 Å². The van der Waals surface area contributed by atoms with Crippen molar-refractivity contribution >= 4 is 5.69 Å². The van der Waals surface area contributed by atoms with Crippen LogP contribution in [0.25, 0.3) is 0 Å². The van der Waals surface area contributed by atoms with Gasteiger partial charge in [0.05, 0.1) is 6.10 Å². The SMILES string of the molecule is CCc1ccc(NC2CCOC(C)C2)cc1. The number of benzene rings is 1. The molecular weight excluding hydrogens is 198 g/mol. The smallest absolute Gasteiger partial charge is 0.0566 e. The lowest BCUT2D eigenvalue weighted by Gasteiger charge is -2.28. The zero-order valence-corrected chi connectivity index (χ0v) is 10.2. The number of rotatable bonds is 3. The summed E-state index contributed by atoms with van der Waals surface area (Å²) in [6, 6.07) is 9.32. The van der Waals surface area contributed by atoms with E-state index in [9.17, 15) is 0 Å². The molecule has 1 N–H and O–H groups in total. The molecule has 2 unspecified atom stereocenters. The van der Waals surface area contributed by atoms with Gasteiger partial charge in [0.1, 0.15) is 0 Å². The topological polar surface area (TPSA) is 21.3 Å². The van der Waals surface area contributed by atoms with Gasteiger partial charge in [0.2, 0.25) is 0 Å². The largest absolute Gasteiger partial charge is 0.382 e. The molecule has 1 fully saturated rings. The Morgan fingerprint density at radius 2 is 2.06 bits per heavy atom. The van der Waals surface area contributed by atoms with Gasteiger partial charge in [-0.3, -0.25) is 0 Å². The fourth-order valence-electron chi connectivity index (χ4n) is 2.20. The Hall–Kier alpha value is -1.02. The van der Waals surface area contributed by atoms with E-state index >= 15 is 0 Å². The summed E-state index contributed by atoms with van der Waals surface area (Å²) in [6.45, 7) is 5.21. The van der Waals surface area contributed by atoms with Gasteiger partial charge in [-0.2, -0.15) is 0 Å². The van der Waals surface area contributed by atoms with Gasteiger partial charge in [-0.15, -0.1) is 0 Å². The summed E-state index contributed by atoms with van der Waals surface area (Å²) >= 11 is 0. The minimum Gasteiger partial charge on any atom is -0.382 e. The van der Waals surface area contributed by atoms with E-state index in [0.717, 1.165) is 25.9 Å². The third-order valence-corrected chi connectivity index (χ3v) is 3.22. The normalized spacial score (nSPS) is 25.4. The van der Waals surface area contributed by atoms with Gasteiger partial charge in [-0.05, 0) is 43.9 Å². The Morgan fingerprint density at radius 1 is 1.31 bits per heavy atom. The van der Waals surface area contributed by atoms with Gasteiger partial charge in [0.25, 0.3) is 0 Å². The van der Waals surface area contributed by atoms with Crippen LogP contribution < -0.4 is 5.32 Å². The summed E-state index contributed by atoms with van der Waals surface area (Å²) in [5, 5.41) is 3.58. The van der Waals surface area contributed by atoms with Gasteiger partial charge in [-0.1, -0.05) is 19.1 Å². The molecule has 0 radical (unpaired) electrons. The first-order chi connectivity index (χ1) is 7.78. The molecule has 88 valence electrons. The lowest BCUT2D eigenvalue weighted by Crippen LogP contribution is -2.32. The first-order valence-electron chi connectivity index (χ1n) is 6.25. The van der Waals surface area contributed by atoms with E-state index in [1.165, 1.54) is 11.3 Å². The molecule has 2 atom stereocenters. The summed E-state index contributed by atoms with van der Waals surface area (Å²) < 4.78 is 5.54. The summed E-state index contributed by atoms with van der Waals surface area (Å²) in [5.41, 5.74) is 2.63. The third-order valence-electron chi connectivity index (χ3n) is 3.22. The molecule has 0 aliphatic carbocycles. The van der Waals surface area contributed by atoms with Crippen molar-refractivity contribution in [2.24, 2.45) is 0 Å². The van der Waals surface area contributed by atoms with Crippen LogP contribution in [-0.2, 0) is 11.2 Å². The Balaban J connectivity index is 1.92. The number of hydrogen-bond acceptors (Lipinski definition) is 2. The maximum Gasteiger partial charge on any atom is 0.0566 e. The Bertz CT molecular complexity index is 320. The van der Waals surface area contributed by atoms with Gasteiger partial charge < -0.3 is 10.1 Å². The van der Waals surface area contributed by atoms with Crippen molar-refractivity contribution in [1.82, 2.24) is 0 Å². The van der Waals surface area contributed by atoms with Crippen LogP contribution in [0.15, 0.2) is 24.3 Å². The van der Waals surface area contributed by atoms with Crippen molar-refractivity contribution in [3.63, 3.8) is 0 Å². The van der Waals surface area contributed by atoms with Crippen LogP contribution in [0.2, 0.25) is 0 Å². The molecule has 2 nitrogen and oxygen atoms in total. The van der Waals surface area contributed by atoms with Crippen molar-refractivity contribution < 1.29 is 4.74 Å². The zero-order chi connectivity index (χ0) is 11.4. The maximum absolute atomic E-state index is 5.54. The fourth-order valence-corrected chi connectivity index (χ4v) is 2.20. The van der Waals surface area contributed by atoms with E-state index in [1.807, 2.05) is 0 Å². The van der Waals surface area contributed by atoms with Crippen LogP contribution >= 0.6 is 0 Å². The van der Waals surface area contributed by atoms with Gasteiger partial charge in [0, 0.05) is 18.3 Å². The number of nitrogens with one attached hydrogen (secondary N) is 1. The van der Waals surface area contributed by atoms with E-state index in [-0.39, 0.29) is 0 Å². The first-order valence-corrected chi connectivity index (χ1v) is 6.25. The predicted molar refractivity (Wildman–Crippen MR) is 67.9 cm³/mol. The van der Waals surface area contributed by atoms with Crippen molar-refractivity contribution in [1.29, 1.82) is 0 Å². The molecule has 0 amide bonds. The van der Waals surface area contributed by atoms with Crippen LogP contribution in [-0.4, -0.2) is 18.8 Å². The quantitative estimate of drug-likeness (QED) is 0.842. The fraction of sp³-hybridized carbons (Fsp3) is 0.571. The minimum atomic E-state index is 0.390. The molecule has 0 saturated carbocycles. The summed E-state index contributed by atoms with van der Waals surface area (Å²) in [7, 11) is 0. The summed E-state index contributed by atoms with van der Waals surface area (Å²) in [4.78, 5) is 0. The molecule has 2 heteroatoms. The molecule has 1 saturated heterocycles. The molecule has 0 bridgehead atoms. The van der Waals surface area contributed by atoms with E-state index in [1.54, 1.807) is 0 Å². The lowest BCUT2D eigenvalue weighted by molar-refractivity contribution is 0.0232. The molecule has 1 aliphatic heterocycles. The molecule has 1 heterocycles. The Labute approximate surface area is 98.0 Å². The second-order valence-electron chi connectivity index (χ2n) is 4.60. The van der Waals surface area contributed by atoms with Crippen LogP contribution in [0, 0.1) is 0 Å². The molecule has 1 aromatic carbocycles. The van der Waals surface area contributed by atoms with Gasteiger partial charge >= 0.3 is 0 Å². The van der Waals surface area contributed by atoms with E-state index in [0.29, 0.717) is 12.1 Å². The highest BCUT2D eigenvalue weighted by Gasteiger charge is 2.18. The standard InChI is InChI=1S/C14H21NO/c1-3-12-4-6-13(7-5-12)15-14-8-9-16-11(2)10-14/h4-7,11,14-15H,3,8-10H2,1-2H3. The highest BCUT2D eigenvalue weighted by Crippen LogP contribution is 2.19. The molecule has 2 rings (SSSR count). The predicted octanol–water partition coefficient (Wildman–Crippen LogP) is 3.23. The number of ether oxygens (including phenoxy) is 1. The van der Waals surface area contributed by atoms with Crippen molar-refractivity contribution in [2.75, 3.05) is 11.9 Å². The molecule has 16 heavy (non-hydrogen) atoms. The first kappa shape index (κ1) is 11.5. The second kappa shape index (κ2) is 5.35. The van der Waals surface area contributed by atoms with Gasteiger partial charge in [-0.25, -0.2) is 0 Å². The molecule has 0 spiro atoms.